The molecule has 0 aromatic heterocycles. The highest BCUT2D eigenvalue weighted by Gasteiger charge is 2.28. The van der Waals surface area contributed by atoms with Crippen molar-refractivity contribution in [3.63, 3.8) is 0 Å². The second-order valence-corrected chi connectivity index (χ2v) is 5.56. The van der Waals surface area contributed by atoms with E-state index >= 15 is 0 Å². The van der Waals surface area contributed by atoms with E-state index in [9.17, 15) is 4.79 Å². The van der Waals surface area contributed by atoms with E-state index in [1.54, 1.807) is 0 Å². The van der Waals surface area contributed by atoms with Crippen LogP contribution in [0.4, 0.5) is 0 Å². The molecule has 2 aromatic carbocycles. The lowest BCUT2D eigenvalue weighted by Gasteiger charge is -2.22. The first-order valence-corrected chi connectivity index (χ1v) is 7.45. The highest BCUT2D eigenvalue weighted by molar-refractivity contribution is 7.81. The van der Waals surface area contributed by atoms with Gasteiger partial charge in [0.2, 0.25) is 0 Å². The molecule has 0 amide bonds. The van der Waals surface area contributed by atoms with Crippen molar-refractivity contribution >= 4 is 22.9 Å². The van der Waals surface area contributed by atoms with Crippen molar-refractivity contribution < 1.29 is 4.79 Å². The van der Waals surface area contributed by atoms with Crippen molar-refractivity contribution in [2.24, 2.45) is 0 Å². The minimum Gasteiger partial charge on any atom is -0.289 e. The second-order valence-electron chi connectivity index (χ2n) is 5.15. The standard InChI is InChI=1S/C18H16OS/c1-2-3-7-12-8-6-11-15-16(12)18(20)14-10-5-4-9-13(14)17(15)19/h4-6,8-11H,2-3,7H2,1H3. The Morgan fingerprint density at radius 2 is 1.65 bits per heavy atom. The van der Waals surface area contributed by atoms with Crippen molar-refractivity contribution in [3.05, 3.63) is 70.3 Å². The third kappa shape index (κ3) is 2.01. The summed E-state index contributed by atoms with van der Waals surface area (Å²) in [4.78, 5) is 13.4. The molecule has 1 aliphatic carbocycles. The van der Waals surface area contributed by atoms with Gasteiger partial charge in [-0.1, -0.05) is 68.0 Å². The zero-order valence-electron chi connectivity index (χ0n) is 11.5. The zero-order valence-corrected chi connectivity index (χ0v) is 12.3. The summed E-state index contributed by atoms with van der Waals surface area (Å²) in [6.45, 7) is 2.17. The molecule has 0 heterocycles. The van der Waals surface area contributed by atoms with Gasteiger partial charge in [0.05, 0.1) is 4.86 Å². The number of hydrogen-bond acceptors (Lipinski definition) is 2. The van der Waals surface area contributed by atoms with Gasteiger partial charge in [-0.2, -0.15) is 0 Å². The summed E-state index contributed by atoms with van der Waals surface area (Å²) >= 11 is 5.65. The van der Waals surface area contributed by atoms with Crippen molar-refractivity contribution in [1.82, 2.24) is 0 Å². The van der Waals surface area contributed by atoms with E-state index in [-0.39, 0.29) is 5.78 Å². The Balaban J connectivity index is 2.18. The third-order valence-electron chi connectivity index (χ3n) is 3.84. The normalized spacial score (nSPS) is 13.1. The van der Waals surface area contributed by atoms with Crippen LogP contribution in [0, 0.1) is 0 Å². The molecular weight excluding hydrogens is 264 g/mol. The molecule has 0 bridgehead atoms. The molecule has 2 heteroatoms. The number of benzene rings is 2. The van der Waals surface area contributed by atoms with E-state index < -0.39 is 0 Å². The quantitative estimate of drug-likeness (QED) is 0.664. The van der Waals surface area contributed by atoms with Crippen LogP contribution in [0.15, 0.2) is 42.5 Å². The summed E-state index contributed by atoms with van der Waals surface area (Å²) < 4.78 is 0. The molecule has 0 fully saturated rings. The maximum atomic E-state index is 12.6. The van der Waals surface area contributed by atoms with Crippen molar-refractivity contribution in [2.45, 2.75) is 26.2 Å². The predicted molar refractivity (Wildman–Crippen MR) is 85.7 cm³/mol. The van der Waals surface area contributed by atoms with E-state index in [0.29, 0.717) is 0 Å². The summed E-state index contributed by atoms with van der Waals surface area (Å²) in [5.41, 5.74) is 4.60. The smallest absolute Gasteiger partial charge is 0.194 e. The summed E-state index contributed by atoms with van der Waals surface area (Å²) in [7, 11) is 0. The van der Waals surface area contributed by atoms with Gasteiger partial charge in [-0.25, -0.2) is 0 Å². The van der Waals surface area contributed by atoms with E-state index in [2.05, 4.69) is 13.0 Å². The van der Waals surface area contributed by atoms with Crippen LogP contribution in [0.2, 0.25) is 0 Å². The van der Waals surface area contributed by atoms with Crippen molar-refractivity contribution in [3.8, 4) is 0 Å². The average Bonchev–Trinajstić information content (AvgIpc) is 2.50. The summed E-state index contributed by atoms with van der Waals surface area (Å²) in [5.74, 6) is 0.0996. The fraction of sp³-hybridized carbons (Fsp3) is 0.222. The largest absolute Gasteiger partial charge is 0.289 e. The van der Waals surface area contributed by atoms with E-state index in [1.807, 2.05) is 36.4 Å². The van der Waals surface area contributed by atoms with Gasteiger partial charge in [0, 0.05) is 22.3 Å². The van der Waals surface area contributed by atoms with E-state index in [0.717, 1.165) is 46.4 Å². The third-order valence-corrected chi connectivity index (χ3v) is 4.26. The minimum absolute atomic E-state index is 0.0996. The number of unbranched alkanes of at least 4 members (excludes halogenated alkanes) is 1. The van der Waals surface area contributed by atoms with Crippen LogP contribution < -0.4 is 0 Å². The Bertz CT molecular complexity index is 700. The Hall–Kier alpha value is -1.80. The van der Waals surface area contributed by atoms with Crippen LogP contribution in [0.1, 0.15) is 52.4 Å². The monoisotopic (exact) mass is 280 g/mol. The second kappa shape index (κ2) is 5.29. The molecule has 2 aromatic rings. The molecule has 20 heavy (non-hydrogen) atoms. The molecule has 0 unspecified atom stereocenters. The highest BCUT2D eigenvalue weighted by Crippen LogP contribution is 2.30. The zero-order chi connectivity index (χ0) is 14.1. The number of aryl methyl sites for hydroxylation is 1. The molecule has 100 valence electrons. The average molecular weight is 280 g/mol. The fourth-order valence-corrected chi connectivity index (χ4v) is 3.21. The molecule has 0 radical (unpaired) electrons. The van der Waals surface area contributed by atoms with E-state index in [4.69, 9.17) is 12.2 Å². The van der Waals surface area contributed by atoms with Gasteiger partial charge in [-0.05, 0) is 18.4 Å². The van der Waals surface area contributed by atoms with Gasteiger partial charge in [0.1, 0.15) is 0 Å². The summed E-state index contributed by atoms with van der Waals surface area (Å²) in [6, 6.07) is 13.6. The number of hydrogen-bond donors (Lipinski definition) is 0. The van der Waals surface area contributed by atoms with Crippen molar-refractivity contribution in [1.29, 1.82) is 0 Å². The van der Waals surface area contributed by atoms with Crippen LogP contribution >= 0.6 is 12.2 Å². The van der Waals surface area contributed by atoms with Gasteiger partial charge in [0.25, 0.3) is 0 Å². The molecule has 0 aliphatic heterocycles. The number of rotatable bonds is 3. The lowest BCUT2D eigenvalue weighted by atomic mass is 9.82. The van der Waals surface area contributed by atoms with Crippen molar-refractivity contribution in [2.75, 3.05) is 0 Å². The summed E-state index contributed by atoms with van der Waals surface area (Å²) in [6.07, 6.45) is 3.24. The molecule has 0 atom stereocenters. The molecule has 0 saturated heterocycles. The highest BCUT2D eigenvalue weighted by atomic mass is 32.1. The lowest BCUT2D eigenvalue weighted by Crippen LogP contribution is -2.21. The first kappa shape index (κ1) is 13.2. The van der Waals surface area contributed by atoms with Crippen LogP contribution in [0.3, 0.4) is 0 Å². The Morgan fingerprint density at radius 1 is 0.950 bits per heavy atom. The maximum Gasteiger partial charge on any atom is 0.194 e. The van der Waals surface area contributed by atoms with Crippen LogP contribution in [0.5, 0.6) is 0 Å². The first-order valence-electron chi connectivity index (χ1n) is 7.04. The lowest BCUT2D eigenvalue weighted by molar-refractivity contribution is 0.103. The number of fused-ring (bicyclic) bond motifs is 2. The van der Waals surface area contributed by atoms with Crippen LogP contribution in [0.25, 0.3) is 0 Å². The van der Waals surface area contributed by atoms with Gasteiger partial charge >= 0.3 is 0 Å². The molecule has 3 rings (SSSR count). The van der Waals surface area contributed by atoms with Gasteiger partial charge in [0.15, 0.2) is 5.78 Å². The van der Waals surface area contributed by atoms with Gasteiger partial charge < -0.3 is 0 Å². The minimum atomic E-state index is 0.0996. The van der Waals surface area contributed by atoms with Gasteiger partial charge in [-0.3, -0.25) is 4.79 Å². The van der Waals surface area contributed by atoms with Gasteiger partial charge in [-0.15, -0.1) is 0 Å². The molecular formula is C18H16OS. The topological polar surface area (TPSA) is 17.1 Å². The molecule has 0 saturated carbocycles. The molecule has 1 nitrogen and oxygen atoms in total. The number of carbonyl (C=O) groups excluding carboxylic acids is 1. The summed E-state index contributed by atoms with van der Waals surface area (Å²) in [5, 5.41) is 0. The number of ketones is 1. The Kier molecular flexibility index (Phi) is 3.49. The maximum absolute atomic E-state index is 12.6. The number of carbonyl (C=O) groups is 1. The Labute approximate surface area is 124 Å². The SMILES string of the molecule is CCCCc1cccc2c1C(=S)c1ccccc1C2=O. The molecule has 0 N–H and O–H groups in total. The van der Waals surface area contributed by atoms with Crippen LogP contribution in [-0.2, 0) is 6.42 Å². The van der Waals surface area contributed by atoms with Crippen LogP contribution in [-0.4, -0.2) is 10.6 Å². The first-order chi connectivity index (χ1) is 9.74. The molecule has 1 aliphatic rings. The van der Waals surface area contributed by atoms with E-state index in [1.165, 1.54) is 5.56 Å². The Morgan fingerprint density at radius 3 is 2.40 bits per heavy atom. The number of thiocarbonyl (C=S) groups is 1. The predicted octanol–water partition coefficient (Wildman–Crippen LogP) is 4.34. The molecule has 0 spiro atoms. The fourth-order valence-electron chi connectivity index (χ4n) is 2.79.